The first-order valence-corrected chi connectivity index (χ1v) is 8.35. The molecule has 0 saturated heterocycles. The summed E-state index contributed by atoms with van der Waals surface area (Å²) in [6.07, 6.45) is 0.501. The van der Waals surface area contributed by atoms with Gasteiger partial charge in [0.25, 0.3) is 5.91 Å². The van der Waals surface area contributed by atoms with Gasteiger partial charge in [0.05, 0.1) is 17.3 Å². The molecular weight excluding hydrogens is 330 g/mol. The summed E-state index contributed by atoms with van der Waals surface area (Å²) in [5, 5.41) is 24.2. The second-order valence-electron chi connectivity index (χ2n) is 5.71. The highest BCUT2D eigenvalue weighted by Gasteiger charge is 2.14. The van der Waals surface area contributed by atoms with Crippen molar-refractivity contribution in [2.75, 3.05) is 6.54 Å². The van der Waals surface area contributed by atoms with E-state index in [1.54, 1.807) is 31.2 Å². The fourth-order valence-electron chi connectivity index (χ4n) is 2.39. The van der Waals surface area contributed by atoms with Gasteiger partial charge in [-0.25, -0.2) is 0 Å². The third-order valence-corrected chi connectivity index (χ3v) is 3.76. The molecule has 1 unspecified atom stereocenters. The van der Waals surface area contributed by atoms with E-state index in [2.05, 4.69) is 10.5 Å². The van der Waals surface area contributed by atoms with Crippen molar-refractivity contribution >= 4 is 11.6 Å². The Hall–Kier alpha value is -3.33. The Morgan fingerprint density at radius 3 is 2.73 bits per heavy atom. The Morgan fingerprint density at radius 2 is 2.04 bits per heavy atom. The molecule has 0 aliphatic carbocycles. The number of nitrogens with one attached hydrogen (secondary N) is 1. The molecule has 26 heavy (non-hydrogen) atoms. The van der Waals surface area contributed by atoms with E-state index in [-0.39, 0.29) is 5.91 Å². The number of carbonyl (C=O) groups excluding carboxylic acids is 1. The van der Waals surface area contributed by atoms with Crippen LogP contribution in [-0.2, 0) is 4.79 Å². The standard InChI is InChI=1S/C20H21N3O3/c1-15(26-18-10-5-7-16(13-18)14-21)20(24)22-12-6-11-19(23-25)17-8-3-2-4-9-17/h2-5,7-10,13,15,25H,6,11-12H2,1H3,(H,22,24)/b23-19-. The van der Waals surface area contributed by atoms with Gasteiger partial charge in [-0.3, -0.25) is 4.79 Å². The second kappa shape index (κ2) is 9.84. The SMILES string of the molecule is CC(Oc1cccc(C#N)c1)C(=O)NCCC/C(=N/O)c1ccccc1. The maximum absolute atomic E-state index is 12.1. The molecule has 2 N–H and O–H groups in total. The first-order chi connectivity index (χ1) is 12.6. The van der Waals surface area contributed by atoms with Crippen LogP contribution in [0.3, 0.4) is 0 Å². The van der Waals surface area contributed by atoms with E-state index < -0.39 is 6.10 Å². The summed E-state index contributed by atoms with van der Waals surface area (Å²) in [6.45, 7) is 2.09. The van der Waals surface area contributed by atoms with E-state index in [0.717, 1.165) is 5.56 Å². The van der Waals surface area contributed by atoms with Crippen molar-refractivity contribution in [2.24, 2.45) is 5.16 Å². The van der Waals surface area contributed by atoms with Gasteiger partial charge < -0.3 is 15.3 Å². The second-order valence-corrected chi connectivity index (χ2v) is 5.71. The smallest absolute Gasteiger partial charge is 0.260 e. The fourth-order valence-corrected chi connectivity index (χ4v) is 2.39. The summed E-state index contributed by atoms with van der Waals surface area (Å²) in [7, 11) is 0. The molecule has 134 valence electrons. The number of benzene rings is 2. The average molecular weight is 351 g/mol. The summed E-state index contributed by atoms with van der Waals surface area (Å²) in [5.74, 6) is 0.236. The molecule has 6 nitrogen and oxygen atoms in total. The topological polar surface area (TPSA) is 94.7 Å². The highest BCUT2D eigenvalue weighted by molar-refractivity contribution is 6.00. The number of nitriles is 1. The Kier molecular flexibility index (Phi) is 7.19. The first kappa shape index (κ1) is 19.0. The maximum Gasteiger partial charge on any atom is 0.260 e. The third-order valence-electron chi connectivity index (χ3n) is 3.76. The summed E-state index contributed by atoms with van der Waals surface area (Å²) in [6, 6.07) is 18.1. The predicted molar refractivity (Wildman–Crippen MR) is 98.3 cm³/mol. The van der Waals surface area contributed by atoms with Crippen LogP contribution in [0.25, 0.3) is 0 Å². The van der Waals surface area contributed by atoms with E-state index in [1.807, 2.05) is 36.4 Å². The van der Waals surface area contributed by atoms with Crippen molar-refractivity contribution in [1.82, 2.24) is 5.32 Å². The Morgan fingerprint density at radius 1 is 1.27 bits per heavy atom. The Bertz CT molecular complexity index is 797. The lowest BCUT2D eigenvalue weighted by molar-refractivity contribution is -0.127. The maximum atomic E-state index is 12.1. The van der Waals surface area contributed by atoms with Crippen LogP contribution in [0, 0.1) is 11.3 Å². The molecule has 0 bridgehead atoms. The Balaban J connectivity index is 1.76. The van der Waals surface area contributed by atoms with Crippen LogP contribution in [0.2, 0.25) is 0 Å². The van der Waals surface area contributed by atoms with Crippen LogP contribution in [0.15, 0.2) is 59.8 Å². The number of hydrogen-bond donors (Lipinski definition) is 2. The van der Waals surface area contributed by atoms with Crippen molar-refractivity contribution in [3.63, 3.8) is 0 Å². The summed E-state index contributed by atoms with van der Waals surface area (Å²) < 4.78 is 5.56. The number of rotatable bonds is 8. The van der Waals surface area contributed by atoms with Crippen molar-refractivity contribution in [3.05, 3.63) is 65.7 Å². The molecule has 0 fully saturated rings. The van der Waals surface area contributed by atoms with E-state index in [4.69, 9.17) is 15.2 Å². The monoisotopic (exact) mass is 351 g/mol. The normalized spacial score (nSPS) is 12.1. The first-order valence-electron chi connectivity index (χ1n) is 8.35. The summed E-state index contributed by atoms with van der Waals surface area (Å²) >= 11 is 0. The van der Waals surface area contributed by atoms with Gasteiger partial charge >= 0.3 is 0 Å². The summed E-state index contributed by atoms with van der Waals surface area (Å²) in [5.41, 5.74) is 1.92. The van der Waals surface area contributed by atoms with E-state index in [9.17, 15) is 4.79 Å². The molecular formula is C20H21N3O3. The summed E-state index contributed by atoms with van der Waals surface area (Å²) in [4.78, 5) is 12.1. The molecule has 0 radical (unpaired) electrons. The zero-order valence-electron chi connectivity index (χ0n) is 14.6. The van der Waals surface area contributed by atoms with Gasteiger partial charge in [0.15, 0.2) is 6.10 Å². The molecule has 2 aromatic carbocycles. The van der Waals surface area contributed by atoms with Gasteiger partial charge in [0.1, 0.15) is 5.75 Å². The molecule has 0 aromatic heterocycles. The van der Waals surface area contributed by atoms with Crippen molar-refractivity contribution in [1.29, 1.82) is 5.26 Å². The van der Waals surface area contributed by atoms with Gasteiger partial charge in [-0.15, -0.1) is 0 Å². The van der Waals surface area contributed by atoms with Crippen molar-refractivity contribution < 1.29 is 14.7 Å². The third kappa shape index (κ3) is 5.64. The van der Waals surface area contributed by atoms with Gasteiger partial charge in [0.2, 0.25) is 0 Å². The van der Waals surface area contributed by atoms with Crippen LogP contribution in [0.4, 0.5) is 0 Å². The number of oxime groups is 1. The molecule has 0 heterocycles. The van der Waals surface area contributed by atoms with E-state index in [0.29, 0.717) is 36.4 Å². The van der Waals surface area contributed by atoms with Crippen LogP contribution in [0.1, 0.15) is 30.9 Å². The highest BCUT2D eigenvalue weighted by Crippen LogP contribution is 2.14. The number of amides is 1. The number of ether oxygens (including phenoxy) is 1. The van der Waals surface area contributed by atoms with Gasteiger partial charge in [-0.1, -0.05) is 41.6 Å². The molecule has 2 rings (SSSR count). The molecule has 6 heteroatoms. The lowest BCUT2D eigenvalue weighted by Crippen LogP contribution is -2.37. The lowest BCUT2D eigenvalue weighted by atomic mass is 10.1. The average Bonchev–Trinajstić information content (AvgIpc) is 2.68. The lowest BCUT2D eigenvalue weighted by Gasteiger charge is -2.15. The zero-order valence-corrected chi connectivity index (χ0v) is 14.6. The quantitative estimate of drug-likeness (QED) is 0.331. The number of hydrogen-bond acceptors (Lipinski definition) is 5. The van der Waals surface area contributed by atoms with Crippen LogP contribution in [0.5, 0.6) is 5.75 Å². The van der Waals surface area contributed by atoms with Crippen LogP contribution in [-0.4, -0.2) is 29.5 Å². The van der Waals surface area contributed by atoms with Crippen molar-refractivity contribution in [3.8, 4) is 11.8 Å². The fraction of sp³-hybridized carbons (Fsp3) is 0.250. The largest absolute Gasteiger partial charge is 0.481 e. The number of carbonyl (C=O) groups is 1. The van der Waals surface area contributed by atoms with E-state index >= 15 is 0 Å². The molecule has 1 amide bonds. The van der Waals surface area contributed by atoms with E-state index in [1.165, 1.54) is 0 Å². The molecule has 0 aliphatic heterocycles. The number of nitrogens with zero attached hydrogens (tertiary/aromatic N) is 2. The molecule has 1 atom stereocenters. The zero-order chi connectivity index (χ0) is 18.8. The minimum absolute atomic E-state index is 0.241. The molecule has 0 spiro atoms. The van der Waals surface area contributed by atoms with Crippen LogP contribution >= 0.6 is 0 Å². The molecule has 0 saturated carbocycles. The van der Waals surface area contributed by atoms with Crippen LogP contribution < -0.4 is 10.1 Å². The van der Waals surface area contributed by atoms with Gasteiger partial charge in [-0.2, -0.15) is 5.26 Å². The van der Waals surface area contributed by atoms with Gasteiger partial charge in [-0.05, 0) is 43.5 Å². The highest BCUT2D eigenvalue weighted by atomic mass is 16.5. The van der Waals surface area contributed by atoms with Crippen molar-refractivity contribution in [2.45, 2.75) is 25.9 Å². The minimum atomic E-state index is -0.677. The van der Waals surface area contributed by atoms with Gasteiger partial charge in [0, 0.05) is 6.54 Å². The molecule has 0 aliphatic rings. The minimum Gasteiger partial charge on any atom is -0.481 e. The predicted octanol–water partition coefficient (Wildman–Crippen LogP) is 3.10. The Labute approximate surface area is 152 Å². The molecule has 2 aromatic rings.